The highest BCUT2D eigenvalue weighted by Crippen LogP contribution is 2.30. The minimum Gasteiger partial charge on any atom is -0.274 e. The standard InChI is InChI=1S/C23H31N3O2/c1-6-7-8-9-10-11-18-12-13-20(26(27)28)16-21(18)22-19(17-25(5)24-22)14-15-23(2,3)4/h12-13,16-17H,6-11H2,1-5H3. The summed E-state index contributed by atoms with van der Waals surface area (Å²) in [5.41, 5.74) is 3.42. The molecular formula is C23H31N3O2. The first-order valence-corrected chi connectivity index (χ1v) is 10.1. The topological polar surface area (TPSA) is 61.0 Å². The molecule has 0 saturated carbocycles. The summed E-state index contributed by atoms with van der Waals surface area (Å²) in [6.45, 7) is 8.39. The fourth-order valence-electron chi connectivity index (χ4n) is 3.07. The summed E-state index contributed by atoms with van der Waals surface area (Å²) < 4.78 is 1.73. The number of hydrogen-bond donors (Lipinski definition) is 0. The van der Waals surface area contributed by atoms with Gasteiger partial charge in [0.05, 0.1) is 10.5 Å². The Labute approximate surface area is 168 Å². The lowest BCUT2D eigenvalue weighted by Crippen LogP contribution is -2.00. The fraction of sp³-hybridized carbons (Fsp3) is 0.522. The Kier molecular flexibility index (Phi) is 7.39. The van der Waals surface area contributed by atoms with Crippen molar-refractivity contribution in [2.75, 3.05) is 0 Å². The van der Waals surface area contributed by atoms with Crippen molar-refractivity contribution in [2.45, 2.75) is 66.2 Å². The Morgan fingerprint density at radius 1 is 1.18 bits per heavy atom. The van der Waals surface area contributed by atoms with E-state index < -0.39 is 0 Å². The van der Waals surface area contributed by atoms with Gasteiger partial charge < -0.3 is 0 Å². The molecule has 2 aromatic rings. The maximum Gasteiger partial charge on any atom is 0.270 e. The molecule has 5 nitrogen and oxygen atoms in total. The lowest BCUT2D eigenvalue weighted by molar-refractivity contribution is -0.384. The second-order valence-electron chi connectivity index (χ2n) is 8.33. The molecule has 1 aromatic heterocycles. The van der Waals surface area contributed by atoms with Crippen LogP contribution in [-0.2, 0) is 13.5 Å². The first-order chi connectivity index (χ1) is 13.2. The van der Waals surface area contributed by atoms with E-state index in [1.54, 1.807) is 16.8 Å². The number of unbranched alkanes of at least 4 members (excludes halogenated alkanes) is 4. The number of benzene rings is 1. The molecule has 0 N–H and O–H groups in total. The number of nitro groups is 1. The van der Waals surface area contributed by atoms with E-state index in [2.05, 4.69) is 44.6 Å². The largest absolute Gasteiger partial charge is 0.274 e. The SMILES string of the molecule is CCCCCCCc1ccc([N+](=O)[O-])cc1-c1nn(C)cc1C#CC(C)(C)C. The Balaban J connectivity index is 2.43. The van der Waals surface area contributed by atoms with Gasteiger partial charge in [-0.3, -0.25) is 14.8 Å². The Morgan fingerprint density at radius 3 is 2.54 bits per heavy atom. The van der Waals surface area contributed by atoms with Crippen LogP contribution < -0.4 is 0 Å². The first-order valence-electron chi connectivity index (χ1n) is 10.1. The van der Waals surface area contributed by atoms with Crippen molar-refractivity contribution in [3.8, 4) is 23.1 Å². The summed E-state index contributed by atoms with van der Waals surface area (Å²) in [5.74, 6) is 6.48. The average molecular weight is 382 g/mol. The van der Waals surface area contributed by atoms with Crippen LogP contribution in [0.15, 0.2) is 24.4 Å². The predicted molar refractivity (Wildman–Crippen MR) is 114 cm³/mol. The molecule has 0 atom stereocenters. The Bertz CT molecular complexity index is 879. The molecule has 0 bridgehead atoms. The maximum absolute atomic E-state index is 11.3. The van der Waals surface area contributed by atoms with Gasteiger partial charge in [0.25, 0.3) is 5.69 Å². The lowest BCUT2D eigenvalue weighted by atomic mass is 9.95. The van der Waals surface area contributed by atoms with E-state index in [-0.39, 0.29) is 16.0 Å². The van der Waals surface area contributed by atoms with Gasteiger partial charge >= 0.3 is 0 Å². The van der Waals surface area contributed by atoms with Gasteiger partial charge in [-0.1, -0.05) is 50.5 Å². The van der Waals surface area contributed by atoms with Gasteiger partial charge in [-0.15, -0.1) is 0 Å². The molecule has 1 aromatic carbocycles. The highest BCUT2D eigenvalue weighted by atomic mass is 16.6. The third-order valence-electron chi connectivity index (χ3n) is 4.51. The van der Waals surface area contributed by atoms with Gasteiger partial charge in [0.1, 0.15) is 5.69 Å². The summed E-state index contributed by atoms with van der Waals surface area (Å²) in [7, 11) is 1.85. The highest BCUT2D eigenvalue weighted by Gasteiger charge is 2.17. The van der Waals surface area contributed by atoms with E-state index in [0.29, 0.717) is 0 Å². The quantitative estimate of drug-likeness (QED) is 0.247. The molecule has 1 heterocycles. The van der Waals surface area contributed by atoms with E-state index in [1.807, 2.05) is 19.3 Å². The van der Waals surface area contributed by atoms with Crippen molar-refractivity contribution in [1.82, 2.24) is 9.78 Å². The summed E-state index contributed by atoms with van der Waals surface area (Å²) in [6, 6.07) is 5.11. The Morgan fingerprint density at radius 2 is 1.89 bits per heavy atom. The first kappa shape index (κ1) is 21.7. The molecule has 0 saturated heterocycles. The molecule has 0 aliphatic carbocycles. The second kappa shape index (κ2) is 9.54. The van der Waals surface area contributed by atoms with Crippen LogP contribution in [0.4, 0.5) is 5.69 Å². The van der Waals surface area contributed by atoms with Crippen LogP contribution in [0.25, 0.3) is 11.3 Å². The Hall–Kier alpha value is -2.61. The van der Waals surface area contributed by atoms with E-state index in [4.69, 9.17) is 0 Å². The van der Waals surface area contributed by atoms with Crippen LogP contribution in [-0.4, -0.2) is 14.7 Å². The molecule has 0 amide bonds. The normalized spacial score (nSPS) is 11.2. The molecule has 2 rings (SSSR count). The highest BCUT2D eigenvalue weighted by molar-refractivity contribution is 5.72. The van der Waals surface area contributed by atoms with Gasteiger partial charge in [0.2, 0.25) is 0 Å². The summed E-state index contributed by atoms with van der Waals surface area (Å²) in [4.78, 5) is 11.0. The maximum atomic E-state index is 11.3. The van der Waals surface area contributed by atoms with Crippen LogP contribution in [0.5, 0.6) is 0 Å². The number of hydrogen-bond acceptors (Lipinski definition) is 3. The van der Waals surface area contributed by atoms with Crippen LogP contribution in [0.1, 0.15) is 70.9 Å². The summed E-state index contributed by atoms with van der Waals surface area (Å²) in [6.07, 6.45) is 8.71. The predicted octanol–water partition coefficient (Wildman–Crippen LogP) is 5.91. The third kappa shape index (κ3) is 6.23. The molecule has 0 aliphatic rings. The number of aryl methyl sites for hydroxylation is 2. The molecule has 0 unspecified atom stereocenters. The molecule has 0 aliphatic heterocycles. The smallest absolute Gasteiger partial charge is 0.270 e. The minimum absolute atomic E-state index is 0.0881. The number of rotatable bonds is 8. The second-order valence-corrected chi connectivity index (χ2v) is 8.33. The van der Waals surface area contributed by atoms with Crippen molar-refractivity contribution >= 4 is 5.69 Å². The van der Waals surface area contributed by atoms with Crippen LogP contribution in [0.2, 0.25) is 0 Å². The van der Waals surface area contributed by atoms with Crippen LogP contribution in [0, 0.1) is 27.4 Å². The van der Waals surface area contributed by atoms with E-state index in [1.165, 1.54) is 25.7 Å². The zero-order chi connectivity index (χ0) is 20.7. The fourth-order valence-corrected chi connectivity index (χ4v) is 3.07. The molecule has 0 spiro atoms. The molecule has 28 heavy (non-hydrogen) atoms. The van der Waals surface area contributed by atoms with Crippen LogP contribution >= 0.6 is 0 Å². The van der Waals surface area contributed by atoms with Gasteiger partial charge in [-0.05, 0) is 39.2 Å². The average Bonchev–Trinajstić information content (AvgIpc) is 3.00. The molecule has 0 fully saturated rings. The monoisotopic (exact) mass is 381 g/mol. The van der Waals surface area contributed by atoms with Crippen LogP contribution in [0.3, 0.4) is 0 Å². The molecular weight excluding hydrogens is 350 g/mol. The number of nitro benzene ring substituents is 1. The van der Waals surface area contributed by atoms with Crippen molar-refractivity contribution in [2.24, 2.45) is 12.5 Å². The number of aromatic nitrogens is 2. The lowest BCUT2D eigenvalue weighted by Gasteiger charge is -2.09. The van der Waals surface area contributed by atoms with Gasteiger partial charge in [0, 0.05) is 36.4 Å². The zero-order valence-corrected chi connectivity index (χ0v) is 17.7. The summed E-state index contributed by atoms with van der Waals surface area (Å²) in [5, 5.41) is 15.9. The summed E-state index contributed by atoms with van der Waals surface area (Å²) >= 11 is 0. The zero-order valence-electron chi connectivity index (χ0n) is 17.7. The van der Waals surface area contributed by atoms with Crippen molar-refractivity contribution in [3.63, 3.8) is 0 Å². The van der Waals surface area contributed by atoms with Crippen molar-refractivity contribution < 1.29 is 4.92 Å². The van der Waals surface area contributed by atoms with Gasteiger partial charge in [0.15, 0.2) is 0 Å². The van der Waals surface area contributed by atoms with Crippen molar-refractivity contribution in [1.29, 1.82) is 0 Å². The van der Waals surface area contributed by atoms with E-state index in [0.717, 1.165) is 35.2 Å². The number of nitrogens with zero attached hydrogens (tertiary/aromatic N) is 3. The van der Waals surface area contributed by atoms with Gasteiger partial charge in [-0.25, -0.2) is 0 Å². The minimum atomic E-state index is -0.349. The van der Waals surface area contributed by atoms with E-state index in [9.17, 15) is 10.1 Å². The van der Waals surface area contributed by atoms with Crippen molar-refractivity contribution in [3.05, 3.63) is 45.6 Å². The van der Waals surface area contributed by atoms with Gasteiger partial charge in [-0.2, -0.15) is 5.10 Å². The number of non-ortho nitro benzene ring substituents is 1. The molecule has 0 radical (unpaired) electrons. The molecule has 5 heteroatoms. The third-order valence-corrected chi connectivity index (χ3v) is 4.51. The van der Waals surface area contributed by atoms with E-state index >= 15 is 0 Å². The molecule has 150 valence electrons.